The molecule has 3 aromatic carbocycles. The van der Waals surface area contributed by atoms with Gasteiger partial charge in [-0.2, -0.15) is 4.98 Å². The van der Waals surface area contributed by atoms with E-state index in [0.717, 1.165) is 5.56 Å². The first kappa shape index (κ1) is 21.2. The summed E-state index contributed by atoms with van der Waals surface area (Å²) in [7, 11) is 0. The van der Waals surface area contributed by atoms with Gasteiger partial charge in [-0.15, -0.1) is 0 Å². The van der Waals surface area contributed by atoms with Crippen LogP contribution in [0.5, 0.6) is 0 Å². The number of hydrogen-bond acceptors (Lipinski definition) is 4. The van der Waals surface area contributed by atoms with Gasteiger partial charge >= 0.3 is 0 Å². The van der Waals surface area contributed by atoms with Crippen molar-refractivity contribution in [3.63, 3.8) is 0 Å². The molecular weight excluding hydrogens is 424 g/mol. The number of rotatable bonds is 5. The minimum atomic E-state index is -0.343. The van der Waals surface area contributed by atoms with Crippen molar-refractivity contribution in [3.05, 3.63) is 107 Å². The number of hydrogen-bond donors (Lipinski definition) is 2. The van der Waals surface area contributed by atoms with Crippen LogP contribution in [0.15, 0.2) is 84.9 Å². The van der Waals surface area contributed by atoms with Gasteiger partial charge in [0, 0.05) is 21.7 Å². The highest BCUT2D eigenvalue weighted by Gasteiger charge is 2.18. The Labute approximate surface area is 190 Å². The van der Waals surface area contributed by atoms with Crippen molar-refractivity contribution in [3.8, 4) is 11.1 Å². The van der Waals surface area contributed by atoms with Crippen LogP contribution in [-0.2, 0) is 0 Å². The number of carbonyl (C=O) groups excluding carboxylic acids is 2. The number of nitrogens with zero attached hydrogens (tertiary/aromatic N) is 2. The van der Waals surface area contributed by atoms with Crippen LogP contribution in [-0.4, -0.2) is 21.8 Å². The highest BCUT2D eigenvalue weighted by molar-refractivity contribution is 6.30. The van der Waals surface area contributed by atoms with Crippen molar-refractivity contribution >= 4 is 35.2 Å². The topological polar surface area (TPSA) is 84.0 Å². The van der Waals surface area contributed by atoms with Crippen LogP contribution in [0.4, 0.5) is 11.8 Å². The largest absolute Gasteiger partial charge is 0.306 e. The smallest absolute Gasteiger partial charge is 0.258 e. The third kappa shape index (κ3) is 4.82. The molecule has 0 saturated heterocycles. The molecule has 0 saturated carbocycles. The first-order valence-corrected chi connectivity index (χ1v) is 10.3. The summed E-state index contributed by atoms with van der Waals surface area (Å²) in [6.45, 7) is 1.79. The number of carbonyl (C=O) groups is 2. The van der Waals surface area contributed by atoms with Crippen molar-refractivity contribution in [2.45, 2.75) is 6.92 Å². The molecule has 1 aromatic heterocycles. The first-order valence-electron chi connectivity index (χ1n) is 9.88. The quantitative estimate of drug-likeness (QED) is 0.420. The molecule has 0 spiro atoms. The molecule has 0 aliphatic rings. The summed E-state index contributed by atoms with van der Waals surface area (Å²) in [5, 5.41) is 6.16. The van der Waals surface area contributed by atoms with Crippen molar-refractivity contribution in [1.29, 1.82) is 0 Å². The molecule has 2 N–H and O–H groups in total. The zero-order valence-corrected chi connectivity index (χ0v) is 17.9. The van der Waals surface area contributed by atoms with Gasteiger partial charge in [-0.3, -0.25) is 14.9 Å². The van der Waals surface area contributed by atoms with E-state index in [4.69, 9.17) is 11.6 Å². The van der Waals surface area contributed by atoms with Crippen LogP contribution in [0, 0.1) is 6.92 Å². The predicted octanol–water partition coefficient (Wildman–Crippen LogP) is 5.61. The van der Waals surface area contributed by atoms with E-state index < -0.39 is 0 Å². The van der Waals surface area contributed by atoms with Crippen LogP contribution in [0.3, 0.4) is 0 Å². The molecule has 0 aliphatic heterocycles. The zero-order valence-electron chi connectivity index (χ0n) is 17.2. The Morgan fingerprint density at radius 1 is 0.719 bits per heavy atom. The van der Waals surface area contributed by atoms with Crippen molar-refractivity contribution in [2.24, 2.45) is 0 Å². The molecule has 4 rings (SSSR count). The molecule has 4 aromatic rings. The maximum absolute atomic E-state index is 12.8. The molecule has 158 valence electrons. The number of aromatic nitrogens is 2. The summed E-state index contributed by atoms with van der Waals surface area (Å²) < 4.78 is 0. The Morgan fingerprint density at radius 2 is 1.25 bits per heavy atom. The Bertz CT molecular complexity index is 1260. The van der Waals surface area contributed by atoms with Crippen LogP contribution in [0.25, 0.3) is 11.1 Å². The van der Waals surface area contributed by atoms with Gasteiger partial charge in [0.25, 0.3) is 11.8 Å². The van der Waals surface area contributed by atoms with Crippen molar-refractivity contribution in [1.82, 2.24) is 9.97 Å². The highest BCUT2D eigenvalue weighted by Crippen LogP contribution is 2.31. The van der Waals surface area contributed by atoms with Gasteiger partial charge in [-0.25, -0.2) is 4.98 Å². The van der Waals surface area contributed by atoms with Gasteiger partial charge in [0.1, 0.15) is 5.82 Å². The summed E-state index contributed by atoms with van der Waals surface area (Å²) in [6.07, 6.45) is 0. The minimum absolute atomic E-state index is 0.0948. The number of anilines is 2. The number of halogens is 1. The molecule has 6 nitrogen and oxygen atoms in total. The molecule has 0 unspecified atom stereocenters. The second-order valence-corrected chi connectivity index (χ2v) is 7.44. The molecule has 0 fully saturated rings. The SMILES string of the molecule is Cc1nc(NC(=O)c2ccccc2)nc(NC(=O)c2ccccc2)c1-c1ccc(Cl)cc1. The first-order chi connectivity index (χ1) is 15.5. The fourth-order valence-electron chi connectivity index (χ4n) is 3.21. The van der Waals surface area contributed by atoms with Gasteiger partial charge in [-0.1, -0.05) is 60.1 Å². The monoisotopic (exact) mass is 442 g/mol. The number of aryl methyl sites for hydroxylation is 1. The molecule has 0 radical (unpaired) electrons. The van der Waals surface area contributed by atoms with E-state index in [1.54, 1.807) is 67.6 Å². The molecule has 0 atom stereocenters. The lowest BCUT2D eigenvalue weighted by Gasteiger charge is -2.15. The molecular formula is C25H19ClN4O2. The van der Waals surface area contributed by atoms with E-state index in [1.165, 1.54) is 0 Å². The van der Waals surface area contributed by atoms with Crippen LogP contribution in [0.1, 0.15) is 26.4 Å². The van der Waals surface area contributed by atoms with E-state index in [9.17, 15) is 9.59 Å². The molecule has 32 heavy (non-hydrogen) atoms. The zero-order chi connectivity index (χ0) is 22.5. The van der Waals surface area contributed by atoms with Gasteiger partial charge in [0.15, 0.2) is 0 Å². The Morgan fingerprint density at radius 3 is 1.81 bits per heavy atom. The summed E-state index contributed by atoms with van der Waals surface area (Å²) in [6, 6.07) is 24.8. The van der Waals surface area contributed by atoms with Gasteiger partial charge < -0.3 is 5.32 Å². The lowest BCUT2D eigenvalue weighted by Crippen LogP contribution is -2.18. The highest BCUT2D eigenvalue weighted by atomic mass is 35.5. The number of benzene rings is 3. The Hall–Kier alpha value is -4.03. The average molecular weight is 443 g/mol. The van der Waals surface area contributed by atoms with Crippen LogP contribution < -0.4 is 10.6 Å². The van der Waals surface area contributed by atoms with E-state index in [0.29, 0.717) is 27.4 Å². The van der Waals surface area contributed by atoms with Crippen molar-refractivity contribution < 1.29 is 9.59 Å². The summed E-state index contributed by atoms with van der Waals surface area (Å²) in [5.74, 6) is -0.279. The fourth-order valence-corrected chi connectivity index (χ4v) is 3.34. The van der Waals surface area contributed by atoms with Crippen LogP contribution >= 0.6 is 11.6 Å². The second kappa shape index (κ2) is 9.41. The second-order valence-electron chi connectivity index (χ2n) is 7.00. The van der Waals surface area contributed by atoms with Crippen molar-refractivity contribution in [2.75, 3.05) is 10.6 Å². The average Bonchev–Trinajstić information content (AvgIpc) is 2.81. The summed E-state index contributed by atoms with van der Waals surface area (Å²) in [5.41, 5.74) is 2.99. The maximum atomic E-state index is 12.8. The minimum Gasteiger partial charge on any atom is -0.306 e. The molecule has 7 heteroatoms. The molecule has 1 heterocycles. The predicted molar refractivity (Wildman–Crippen MR) is 126 cm³/mol. The summed E-state index contributed by atoms with van der Waals surface area (Å²) in [4.78, 5) is 34.3. The molecule has 2 amide bonds. The van der Waals surface area contributed by atoms with E-state index in [-0.39, 0.29) is 23.6 Å². The Balaban J connectivity index is 1.73. The van der Waals surface area contributed by atoms with E-state index in [2.05, 4.69) is 20.6 Å². The number of amides is 2. The summed E-state index contributed by atoms with van der Waals surface area (Å²) >= 11 is 6.04. The van der Waals surface area contributed by atoms with Crippen LogP contribution in [0.2, 0.25) is 5.02 Å². The lowest BCUT2D eigenvalue weighted by molar-refractivity contribution is 0.101. The van der Waals surface area contributed by atoms with Gasteiger partial charge in [0.2, 0.25) is 5.95 Å². The molecule has 0 bridgehead atoms. The van der Waals surface area contributed by atoms with Gasteiger partial charge in [0.05, 0.1) is 5.69 Å². The lowest BCUT2D eigenvalue weighted by atomic mass is 10.0. The molecule has 0 aliphatic carbocycles. The number of nitrogens with one attached hydrogen (secondary N) is 2. The normalized spacial score (nSPS) is 10.4. The fraction of sp³-hybridized carbons (Fsp3) is 0.0400. The van der Waals surface area contributed by atoms with Gasteiger partial charge in [-0.05, 0) is 48.9 Å². The maximum Gasteiger partial charge on any atom is 0.258 e. The van der Waals surface area contributed by atoms with E-state index >= 15 is 0 Å². The third-order valence-electron chi connectivity index (χ3n) is 4.75. The van der Waals surface area contributed by atoms with E-state index in [1.807, 2.05) is 24.3 Å². The standard InChI is InChI=1S/C25H19ClN4O2/c1-16-21(17-12-14-20(26)15-13-17)22(28-23(31)18-8-4-2-5-9-18)29-25(27-16)30-24(32)19-10-6-3-7-11-19/h2-15H,1H3,(H2,27,28,29,30,31,32). The Kier molecular flexibility index (Phi) is 6.24. The third-order valence-corrected chi connectivity index (χ3v) is 5.00.